The maximum absolute atomic E-state index is 9.71. The Morgan fingerprint density at radius 1 is 1.35 bits per heavy atom. The standard InChI is InChI=1S/C15H22O2/c1-11-6-7-15(17-2)13(8-11)9-12-4-3-5-14(16)10-12/h6-8,12,14,16H,3-5,9-10H2,1-2H3. The van der Waals surface area contributed by atoms with Crippen LogP contribution < -0.4 is 4.74 Å². The predicted molar refractivity (Wildman–Crippen MR) is 69.4 cm³/mol. The Morgan fingerprint density at radius 3 is 2.88 bits per heavy atom. The molecule has 0 aliphatic heterocycles. The Hall–Kier alpha value is -1.02. The van der Waals surface area contributed by atoms with Crippen LogP contribution in [0.4, 0.5) is 0 Å². The quantitative estimate of drug-likeness (QED) is 0.870. The van der Waals surface area contributed by atoms with Crippen molar-refractivity contribution >= 4 is 0 Å². The van der Waals surface area contributed by atoms with Crippen LogP contribution >= 0.6 is 0 Å². The van der Waals surface area contributed by atoms with Gasteiger partial charge in [-0.25, -0.2) is 0 Å². The lowest BCUT2D eigenvalue weighted by Crippen LogP contribution is -2.21. The summed E-state index contributed by atoms with van der Waals surface area (Å²) in [6.45, 7) is 2.11. The maximum atomic E-state index is 9.71. The molecule has 2 heteroatoms. The third-order valence-electron chi connectivity index (χ3n) is 3.70. The SMILES string of the molecule is COc1ccc(C)cc1CC1CCCC(O)C1. The van der Waals surface area contributed by atoms with Gasteiger partial charge in [0.1, 0.15) is 5.75 Å². The summed E-state index contributed by atoms with van der Waals surface area (Å²) in [4.78, 5) is 0. The highest BCUT2D eigenvalue weighted by Crippen LogP contribution is 2.30. The lowest BCUT2D eigenvalue weighted by molar-refractivity contribution is 0.101. The van der Waals surface area contributed by atoms with Gasteiger partial charge in [0.15, 0.2) is 0 Å². The van der Waals surface area contributed by atoms with Gasteiger partial charge in [-0.05, 0) is 50.2 Å². The van der Waals surface area contributed by atoms with E-state index in [9.17, 15) is 5.11 Å². The van der Waals surface area contributed by atoms with Crippen LogP contribution in [0.2, 0.25) is 0 Å². The average molecular weight is 234 g/mol. The fourth-order valence-electron chi connectivity index (χ4n) is 2.83. The Labute approximate surface area is 104 Å². The van der Waals surface area contributed by atoms with E-state index in [0.29, 0.717) is 5.92 Å². The summed E-state index contributed by atoms with van der Waals surface area (Å²) < 4.78 is 5.41. The topological polar surface area (TPSA) is 29.5 Å². The minimum absolute atomic E-state index is 0.0930. The minimum Gasteiger partial charge on any atom is -0.496 e. The molecule has 0 amide bonds. The van der Waals surface area contributed by atoms with E-state index in [-0.39, 0.29) is 6.10 Å². The van der Waals surface area contributed by atoms with Gasteiger partial charge in [0.2, 0.25) is 0 Å². The molecule has 1 aromatic rings. The van der Waals surface area contributed by atoms with E-state index < -0.39 is 0 Å². The molecule has 17 heavy (non-hydrogen) atoms. The third kappa shape index (κ3) is 3.22. The molecular weight excluding hydrogens is 212 g/mol. The molecule has 2 unspecified atom stereocenters. The minimum atomic E-state index is -0.0930. The average Bonchev–Trinajstić information content (AvgIpc) is 2.29. The molecule has 2 rings (SSSR count). The Morgan fingerprint density at radius 2 is 2.18 bits per heavy atom. The number of aliphatic hydroxyl groups is 1. The molecule has 0 radical (unpaired) electrons. The fourth-order valence-corrected chi connectivity index (χ4v) is 2.83. The number of hydrogen-bond donors (Lipinski definition) is 1. The van der Waals surface area contributed by atoms with Crippen LogP contribution in [0.1, 0.15) is 36.8 Å². The molecule has 2 atom stereocenters. The van der Waals surface area contributed by atoms with E-state index in [1.54, 1.807) is 7.11 Å². The van der Waals surface area contributed by atoms with Crippen molar-refractivity contribution in [2.75, 3.05) is 7.11 Å². The van der Waals surface area contributed by atoms with Crippen molar-refractivity contribution < 1.29 is 9.84 Å². The van der Waals surface area contributed by atoms with Crippen LogP contribution in [-0.4, -0.2) is 18.3 Å². The molecular formula is C15H22O2. The van der Waals surface area contributed by atoms with E-state index in [1.807, 2.05) is 6.07 Å². The lowest BCUT2D eigenvalue weighted by atomic mass is 9.83. The first kappa shape index (κ1) is 12.4. The van der Waals surface area contributed by atoms with Gasteiger partial charge in [0.05, 0.1) is 13.2 Å². The molecule has 2 nitrogen and oxygen atoms in total. The van der Waals surface area contributed by atoms with Crippen LogP contribution in [0.15, 0.2) is 18.2 Å². The number of aryl methyl sites for hydroxylation is 1. The predicted octanol–water partition coefficient (Wildman–Crippen LogP) is 3.10. The monoisotopic (exact) mass is 234 g/mol. The van der Waals surface area contributed by atoms with Gasteiger partial charge in [0.25, 0.3) is 0 Å². The molecule has 0 bridgehead atoms. The summed E-state index contributed by atoms with van der Waals surface area (Å²) in [5.74, 6) is 1.59. The molecule has 1 fully saturated rings. The zero-order valence-corrected chi connectivity index (χ0v) is 10.8. The molecule has 0 spiro atoms. The van der Waals surface area contributed by atoms with Crippen molar-refractivity contribution in [1.82, 2.24) is 0 Å². The van der Waals surface area contributed by atoms with Crippen LogP contribution in [0.5, 0.6) is 5.75 Å². The van der Waals surface area contributed by atoms with Gasteiger partial charge in [0, 0.05) is 0 Å². The summed E-state index contributed by atoms with van der Waals surface area (Å²) >= 11 is 0. The molecule has 0 heterocycles. The van der Waals surface area contributed by atoms with E-state index in [2.05, 4.69) is 19.1 Å². The molecule has 1 saturated carbocycles. The third-order valence-corrected chi connectivity index (χ3v) is 3.70. The number of methoxy groups -OCH3 is 1. The van der Waals surface area contributed by atoms with E-state index in [0.717, 1.165) is 31.4 Å². The highest BCUT2D eigenvalue weighted by molar-refractivity contribution is 5.37. The first-order chi connectivity index (χ1) is 8.19. The maximum Gasteiger partial charge on any atom is 0.122 e. The Kier molecular flexibility index (Phi) is 4.06. The van der Waals surface area contributed by atoms with Gasteiger partial charge < -0.3 is 9.84 Å². The summed E-state index contributed by atoms with van der Waals surface area (Å²) in [5.41, 5.74) is 2.56. The number of aliphatic hydroxyl groups excluding tert-OH is 1. The largest absolute Gasteiger partial charge is 0.496 e. The van der Waals surface area contributed by atoms with Crippen molar-refractivity contribution in [2.24, 2.45) is 5.92 Å². The van der Waals surface area contributed by atoms with Gasteiger partial charge in [-0.2, -0.15) is 0 Å². The van der Waals surface area contributed by atoms with E-state index in [4.69, 9.17) is 4.74 Å². The van der Waals surface area contributed by atoms with E-state index in [1.165, 1.54) is 17.5 Å². The zero-order chi connectivity index (χ0) is 12.3. The molecule has 1 aromatic carbocycles. The Bertz CT molecular complexity index is 373. The fraction of sp³-hybridized carbons (Fsp3) is 0.600. The van der Waals surface area contributed by atoms with Crippen molar-refractivity contribution in [1.29, 1.82) is 0 Å². The highest BCUT2D eigenvalue weighted by atomic mass is 16.5. The van der Waals surface area contributed by atoms with Gasteiger partial charge in [-0.3, -0.25) is 0 Å². The van der Waals surface area contributed by atoms with Crippen LogP contribution in [0.25, 0.3) is 0 Å². The summed E-state index contributed by atoms with van der Waals surface area (Å²) in [6.07, 6.45) is 5.23. The highest BCUT2D eigenvalue weighted by Gasteiger charge is 2.21. The number of benzene rings is 1. The molecule has 1 N–H and O–H groups in total. The molecule has 94 valence electrons. The summed E-state index contributed by atoms with van der Waals surface area (Å²) in [7, 11) is 1.73. The van der Waals surface area contributed by atoms with Gasteiger partial charge in [-0.15, -0.1) is 0 Å². The molecule has 0 aromatic heterocycles. The summed E-state index contributed by atoms with van der Waals surface area (Å²) in [6, 6.07) is 6.34. The normalized spacial score (nSPS) is 24.6. The first-order valence-electron chi connectivity index (χ1n) is 6.50. The smallest absolute Gasteiger partial charge is 0.122 e. The van der Waals surface area contributed by atoms with Crippen LogP contribution in [0, 0.1) is 12.8 Å². The molecule has 1 aliphatic carbocycles. The number of rotatable bonds is 3. The molecule has 1 aliphatic rings. The second-order valence-electron chi connectivity index (χ2n) is 5.21. The van der Waals surface area contributed by atoms with Crippen LogP contribution in [-0.2, 0) is 6.42 Å². The van der Waals surface area contributed by atoms with Crippen molar-refractivity contribution in [3.05, 3.63) is 29.3 Å². The molecule has 0 saturated heterocycles. The second-order valence-corrected chi connectivity index (χ2v) is 5.21. The lowest BCUT2D eigenvalue weighted by Gasteiger charge is -2.26. The van der Waals surface area contributed by atoms with Gasteiger partial charge in [-0.1, -0.05) is 24.1 Å². The van der Waals surface area contributed by atoms with E-state index >= 15 is 0 Å². The zero-order valence-electron chi connectivity index (χ0n) is 10.8. The van der Waals surface area contributed by atoms with Crippen LogP contribution in [0.3, 0.4) is 0 Å². The first-order valence-corrected chi connectivity index (χ1v) is 6.50. The van der Waals surface area contributed by atoms with Crippen molar-refractivity contribution in [3.63, 3.8) is 0 Å². The van der Waals surface area contributed by atoms with Gasteiger partial charge >= 0.3 is 0 Å². The number of hydrogen-bond acceptors (Lipinski definition) is 2. The summed E-state index contributed by atoms with van der Waals surface area (Å²) in [5, 5.41) is 9.71. The van der Waals surface area contributed by atoms with Crippen molar-refractivity contribution in [2.45, 2.75) is 45.1 Å². The second kappa shape index (κ2) is 5.54. The van der Waals surface area contributed by atoms with Crippen molar-refractivity contribution in [3.8, 4) is 5.75 Å². The number of ether oxygens (including phenoxy) is 1. The Balaban J connectivity index is 2.08.